The van der Waals surface area contributed by atoms with Gasteiger partial charge in [-0.3, -0.25) is 4.99 Å². The van der Waals surface area contributed by atoms with E-state index in [-0.39, 0.29) is 24.0 Å². The fraction of sp³-hybridized carbons (Fsp3) is 0.562. The summed E-state index contributed by atoms with van der Waals surface area (Å²) in [5.74, 6) is 1.82. The van der Waals surface area contributed by atoms with Crippen LogP contribution in [-0.4, -0.2) is 36.4 Å². The third-order valence-electron chi connectivity index (χ3n) is 4.16. The van der Waals surface area contributed by atoms with E-state index in [2.05, 4.69) is 10.3 Å². The third kappa shape index (κ3) is 4.87. The molecule has 4 N–H and O–H groups in total. The van der Waals surface area contributed by atoms with Crippen LogP contribution in [0.15, 0.2) is 23.2 Å². The van der Waals surface area contributed by atoms with Gasteiger partial charge < -0.3 is 25.6 Å². The Morgan fingerprint density at radius 1 is 1.22 bits per heavy atom. The zero-order valence-corrected chi connectivity index (χ0v) is 15.4. The maximum Gasteiger partial charge on any atom is 0.193 e. The normalized spacial score (nSPS) is 19.1. The fourth-order valence-electron chi connectivity index (χ4n) is 2.65. The molecule has 0 unspecified atom stereocenters. The second-order valence-electron chi connectivity index (χ2n) is 5.93. The molecule has 0 spiro atoms. The van der Waals surface area contributed by atoms with Crippen molar-refractivity contribution in [2.75, 3.05) is 25.1 Å². The lowest BCUT2D eigenvalue weighted by molar-refractivity contribution is -0.0377. The number of benzene rings is 1. The average Bonchev–Trinajstić information content (AvgIpc) is 2.70. The van der Waals surface area contributed by atoms with Gasteiger partial charge in [-0.15, -0.1) is 24.0 Å². The van der Waals surface area contributed by atoms with Gasteiger partial charge in [-0.05, 0) is 37.8 Å². The van der Waals surface area contributed by atoms with E-state index < -0.39 is 5.60 Å². The van der Waals surface area contributed by atoms with Crippen LogP contribution in [-0.2, 0) is 0 Å². The summed E-state index contributed by atoms with van der Waals surface area (Å²) in [6, 6.07) is 5.62. The second-order valence-corrected chi connectivity index (χ2v) is 5.93. The van der Waals surface area contributed by atoms with Crippen LogP contribution in [0.2, 0.25) is 0 Å². The van der Waals surface area contributed by atoms with E-state index in [9.17, 15) is 5.11 Å². The van der Waals surface area contributed by atoms with E-state index in [0.717, 1.165) is 42.9 Å². The number of rotatable bonds is 4. The molecule has 23 heavy (non-hydrogen) atoms. The predicted molar refractivity (Wildman–Crippen MR) is 101 cm³/mol. The van der Waals surface area contributed by atoms with Crippen molar-refractivity contribution in [2.24, 2.45) is 10.7 Å². The lowest BCUT2D eigenvalue weighted by Crippen LogP contribution is -2.37. The van der Waals surface area contributed by atoms with Crippen LogP contribution in [0.25, 0.3) is 0 Å². The number of guanidine groups is 1. The van der Waals surface area contributed by atoms with Crippen LogP contribution in [0.4, 0.5) is 5.69 Å². The summed E-state index contributed by atoms with van der Waals surface area (Å²) in [4.78, 5) is 4.27. The summed E-state index contributed by atoms with van der Waals surface area (Å²) in [6.45, 7) is 1.85. The first-order chi connectivity index (χ1) is 10.6. The van der Waals surface area contributed by atoms with Gasteiger partial charge in [-0.1, -0.05) is 0 Å². The van der Waals surface area contributed by atoms with Crippen LogP contribution in [0.5, 0.6) is 11.5 Å². The summed E-state index contributed by atoms with van der Waals surface area (Å²) < 4.78 is 11.2. The molecule has 1 saturated carbocycles. The van der Waals surface area contributed by atoms with Crippen molar-refractivity contribution < 1.29 is 14.6 Å². The van der Waals surface area contributed by atoms with Crippen molar-refractivity contribution in [1.82, 2.24) is 0 Å². The highest BCUT2D eigenvalue weighted by molar-refractivity contribution is 14.0. The predicted octanol–water partition coefficient (Wildman–Crippen LogP) is 2.50. The summed E-state index contributed by atoms with van der Waals surface area (Å²) in [6.07, 6.45) is 4.39. The largest absolute Gasteiger partial charge is 0.490 e. The highest BCUT2D eigenvalue weighted by Crippen LogP contribution is 2.34. The Hall–Kier alpha value is -1.22. The first-order valence-electron chi connectivity index (χ1n) is 7.84. The molecule has 1 aliphatic carbocycles. The zero-order chi connectivity index (χ0) is 15.4. The Morgan fingerprint density at radius 2 is 1.96 bits per heavy atom. The van der Waals surface area contributed by atoms with E-state index in [1.807, 2.05) is 18.2 Å². The van der Waals surface area contributed by atoms with Gasteiger partial charge in [0.25, 0.3) is 0 Å². The highest BCUT2D eigenvalue weighted by atomic mass is 127. The number of aliphatic hydroxyl groups is 1. The number of nitrogens with zero attached hydrogens (tertiary/aromatic N) is 1. The SMILES string of the molecule is I.NC(=NCCC1(O)CCC1)Nc1ccc2c(c1)OCCCO2. The summed E-state index contributed by atoms with van der Waals surface area (Å²) in [5, 5.41) is 13.1. The van der Waals surface area contributed by atoms with Crippen LogP contribution in [0.3, 0.4) is 0 Å². The number of fused-ring (bicyclic) bond motifs is 1. The maximum absolute atomic E-state index is 10.0. The molecule has 3 rings (SSSR count). The molecule has 2 aliphatic rings. The molecule has 1 aliphatic heterocycles. The molecule has 128 valence electrons. The van der Waals surface area contributed by atoms with Crippen LogP contribution >= 0.6 is 24.0 Å². The van der Waals surface area contributed by atoms with Crippen molar-refractivity contribution in [3.8, 4) is 11.5 Å². The van der Waals surface area contributed by atoms with Gasteiger partial charge in [0.1, 0.15) is 0 Å². The zero-order valence-electron chi connectivity index (χ0n) is 13.1. The highest BCUT2D eigenvalue weighted by Gasteiger charge is 2.33. The number of nitrogens with two attached hydrogens (primary N) is 1. The standard InChI is InChI=1S/C16H23N3O3.HI/c17-15(18-8-7-16(20)5-1-6-16)19-12-3-4-13-14(11-12)22-10-2-9-21-13;/h3-4,11,20H,1-2,5-10H2,(H3,17,18,19);1H. The monoisotopic (exact) mass is 433 g/mol. The minimum Gasteiger partial charge on any atom is -0.490 e. The Labute approximate surface area is 153 Å². The molecule has 6 nitrogen and oxygen atoms in total. The molecule has 0 saturated heterocycles. The second kappa shape index (κ2) is 8.05. The number of anilines is 1. The summed E-state index contributed by atoms with van der Waals surface area (Å²) in [5.41, 5.74) is 6.18. The molecule has 1 aromatic rings. The van der Waals surface area contributed by atoms with E-state index in [0.29, 0.717) is 32.1 Å². The number of ether oxygens (including phenoxy) is 2. The van der Waals surface area contributed by atoms with Crippen molar-refractivity contribution in [3.63, 3.8) is 0 Å². The van der Waals surface area contributed by atoms with E-state index in [1.54, 1.807) is 0 Å². The topological polar surface area (TPSA) is 89.1 Å². The molecule has 1 aromatic carbocycles. The minimum atomic E-state index is -0.515. The molecular formula is C16H24IN3O3. The molecule has 0 amide bonds. The lowest BCUT2D eigenvalue weighted by atomic mass is 9.78. The van der Waals surface area contributed by atoms with E-state index in [4.69, 9.17) is 15.2 Å². The van der Waals surface area contributed by atoms with Crippen molar-refractivity contribution in [2.45, 2.75) is 37.7 Å². The molecule has 7 heteroatoms. The Balaban J connectivity index is 0.00000192. The summed E-state index contributed by atoms with van der Waals surface area (Å²) in [7, 11) is 0. The number of hydrogen-bond donors (Lipinski definition) is 3. The Kier molecular flexibility index (Phi) is 6.34. The minimum absolute atomic E-state index is 0. The smallest absolute Gasteiger partial charge is 0.193 e. The third-order valence-corrected chi connectivity index (χ3v) is 4.16. The van der Waals surface area contributed by atoms with Gasteiger partial charge in [0.15, 0.2) is 17.5 Å². The number of halogens is 1. The van der Waals surface area contributed by atoms with Crippen LogP contribution in [0, 0.1) is 0 Å². The molecular weight excluding hydrogens is 409 g/mol. The fourth-order valence-corrected chi connectivity index (χ4v) is 2.65. The van der Waals surface area contributed by atoms with E-state index in [1.165, 1.54) is 0 Å². The van der Waals surface area contributed by atoms with Gasteiger partial charge >= 0.3 is 0 Å². The summed E-state index contributed by atoms with van der Waals surface area (Å²) >= 11 is 0. The van der Waals surface area contributed by atoms with Crippen LogP contribution < -0.4 is 20.5 Å². The van der Waals surface area contributed by atoms with E-state index >= 15 is 0 Å². The van der Waals surface area contributed by atoms with Gasteiger partial charge in [0, 0.05) is 24.7 Å². The molecule has 0 radical (unpaired) electrons. The maximum atomic E-state index is 10.0. The van der Waals surface area contributed by atoms with Crippen molar-refractivity contribution >= 4 is 35.6 Å². The quantitative estimate of drug-likeness (QED) is 0.386. The average molecular weight is 433 g/mol. The number of hydrogen-bond acceptors (Lipinski definition) is 4. The molecule has 0 atom stereocenters. The van der Waals surface area contributed by atoms with Gasteiger partial charge in [0.05, 0.1) is 18.8 Å². The number of nitrogens with one attached hydrogen (secondary N) is 1. The van der Waals surface area contributed by atoms with Gasteiger partial charge in [-0.25, -0.2) is 0 Å². The van der Waals surface area contributed by atoms with Crippen molar-refractivity contribution in [1.29, 1.82) is 0 Å². The molecule has 1 fully saturated rings. The molecule has 1 heterocycles. The van der Waals surface area contributed by atoms with Crippen LogP contribution in [0.1, 0.15) is 32.1 Å². The first-order valence-corrected chi connectivity index (χ1v) is 7.84. The molecule has 0 bridgehead atoms. The molecule has 0 aromatic heterocycles. The Morgan fingerprint density at radius 3 is 2.65 bits per heavy atom. The van der Waals surface area contributed by atoms with Gasteiger partial charge in [0.2, 0.25) is 0 Å². The van der Waals surface area contributed by atoms with Gasteiger partial charge in [-0.2, -0.15) is 0 Å². The Bertz CT molecular complexity index is 562. The number of aliphatic imine (C=N–C) groups is 1. The van der Waals surface area contributed by atoms with Crippen molar-refractivity contribution in [3.05, 3.63) is 18.2 Å². The lowest BCUT2D eigenvalue weighted by Gasteiger charge is -2.36. The first kappa shape index (κ1) is 18.1.